The van der Waals surface area contributed by atoms with Gasteiger partial charge in [0.05, 0.1) is 35.6 Å². The van der Waals surface area contributed by atoms with Crippen molar-refractivity contribution in [1.82, 2.24) is 4.57 Å². The molecule has 0 aliphatic carbocycles. The zero-order valence-electron chi connectivity index (χ0n) is 19.1. The number of nitrogens with zero attached hydrogens (tertiary/aromatic N) is 2. The van der Waals surface area contributed by atoms with Crippen LogP contribution in [0.2, 0.25) is 0 Å². The van der Waals surface area contributed by atoms with Crippen molar-refractivity contribution in [2.75, 3.05) is 13.7 Å². The number of methoxy groups -OCH3 is 1. The first-order valence-corrected chi connectivity index (χ1v) is 12.2. The van der Waals surface area contributed by atoms with E-state index < -0.39 is 12.0 Å². The van der Waals surface area contributed by atoms with Crippen molar-refractivity contribution in [3.05, 3.63) is 88.5 Å². The van der Waals surface area contributed by atoms with Crippen molar-refractivity contribution in [3.63, 3.8) is 0 Å². The summed E-state index contributed by atoms with van der Waals surface area (Å²) >= 11 is 4.66. The fourth-order valence-corrected chi connectivity index (χ4v) is 5.31. The van der Waals surface area contributed by atoms with Gasteiger partial charge in [0.1, 0.15) is 0 Å². The van der Waals surface area contributed by atoms with E-state index in [0.29, 0.717) is 36.4 Å². The first kappa shape index (κ1) is 24.0. The third kappa shape index (κ3) is 4.33. The van der Waals surface area contributed by atoms with Crippen LogP contribution in [0.15, 0.2) is 61.9 Å². The Morgan fingerprint density at radius 1 is 1.26 bits per heavy atom. The third-order valence-corrected chi connectivity index (χ3v) is 7.16. The number of aryl methyl sites for hydroxylation is 1. The highest BCUT2D eigenvalue weighted by Crippen LogP contribution is 2.33. The Bertz CT molecular complexity index is 1490. The topological polar surface area (TPSA) is 90.1 Å². The van der Waals surface area contributed by atoms with Gasteiger partial charge in [0.25, 0.3) is 5.56 Å². The lowest BCUT2D eigenvalue weighted by Gasteiger charge is -2.24. The van der Waals surface area contributed by atoms with Crippen molar-refractivity contribution in [1.29, 1.82) is 0 Å². The summed E-state index contributed by atoms with van der Waals surface area (Å²) in [5.41, 5.74) is 3.11. The number of esters is 1. The number of rotatable bonds is 5. The monoisotopic (exact) mass is 542 g/mol. The molecule has 3 aromatic rings. The third-order valence-electron chi connectivity index (χ3n) is 5.49. The van der Waals surface area contributed by atoms with Gasteiger partial charge in [0.15, 0.2) is 16.3 Å². The van der Waals surface area contributed by atoms with E-state index in [2.05, 4.69) is 20.9 Å². The highest BCUT2D eigenvalue weighted by molar-refractivity contribution is 9.10. The van der Waals surface area contributed by atoms with Gasteiger partial charge in [0, 0.05) is 4.47 Å². The number of allylic oxidation sites excluding steroid dienone is 1. The lowest BCUT2D eigenvalue weighted by molar-refractivity contribution is -0.139. The van der Waals surface area contributed by atoms with Crippen molar-refractivity contribution in [2.24, 2.45) is 4.99 Å². The lowest BCUT2D eigenvalue weighted by atomic mass is 9.95. The highest BCUT2D eigenvalue weighted by atomic mass is 79.9. The highest BCUT2D eigenvalue weighted by Gasteiger charge is 2.33. The van der Waals surface area contributed by atoms with Crippen molar-refractivity contribution < 1.29 is 19.4 Å². The smallest absolute Gasteiger partial charge is 0.338 e. The van der Waals surface area contributed by atoms with Crippen LogP contribution in [0, 0.1) is 6.92 Å². The Hall–Kier alpha value is -3.17. The molecule has 0 fully saturated rings. The molecular formula is C25H23BrN2O5S. The van der Waals surface area contributed by atoms with E-state index in [4.69, 9.17) is 9.47 Å². The average molecular weight is 543 g/mol. The maximum absolute atomic E-state index is 13.6. The van der Waals surface area contributed by atoms with Crippen LogP contribution < -0.4 is 19.6 Å². The second-order valence-electron chi connectivity index (χ2n) is 7.76. The van der Waals surface area contributed by atoms with Crippen LogP contribution >= 0.6 is 27.3 Å². The molecule has 0 unspecified atom stereocenters. The quantitative estimate of drug-likeness (QED) is 0.497. The molecule has 1 aromatic heterocycles. The molecule has 0 saturated heterocycles. The molecule has 0 spiro atoms. The Morgan fingerprint density at radius 2 is 1.97 bits per heavy atom. The normalized spacial score (nSPS) is 15.7. The minimum absolute atomic E-state index is 0.0120. The molecule has 4 rings (SSSR count). The summed E-state index contributed by atoms with van der Waals surface area (Å²) in [6, 6.07) is 10.2. The number of phenolic OH excluding ortho intramolecular Hbond substituents is 1. The Balaban J connectivity index is 1.96. The molecule has 1 aliphatic heterocycles. The summed E-state index contributed by atoms with van der Waals surface area (Å²) in [5, 5.41) is 10.0. The molecule has 1 aliphatic rings. The van der Waals surface area contributed by atoms with Gasteiger partial charge in [-0.2, -0.15) is 0 Å². The molecule has 176 valence electrons. The predicted molar refractivity (Wildman–Crippen MR) is 134 cm³/mol. The minimum atomic E-state index is -0.657. The van der Waals surface area contributed by atoms with Gasteiger partial charge in [-0.1, -0.05) is 57.1 Å². The standard InChI is InChI=1S/C25H23BrN2O5S/c1-5-33-24(31)21-14(3)27-25-28(22(21)15-8-6-13(2)7-9-15)23(30)20(34-25)11-16-10-19(32-4)18(29)12-17(16)26/h6-12,22,29H,5H2,1-4H3/b20-11+/t22-/m0/s1. The molecule has 7 nitrogen and oxygen atoms in total. The van der Waals surface area contributed by atoms with Gasteiger partial charge in [0.2, 0.25) is 0 Å². The fraction of sp³-hybridized carbons (Fsp3) is 0.240. The van der Waals surface area contributed by atoms with Crippen LogP contribution in [0.5, 0.6) is 11.5 Å². The number of aromatic hydroxyl groups is 1. The number of halogens is 1. The summed E-state index contributed by atoms with van der Waals surface area (Å²) in [6.07, 6.45) is 1.71. The first-order chi connectivity index (χ1) is 16.2. The summed E-state index contributed by atoms with van der Waals surface area (Å²) in [4.78, 5) is 31.6. The summed E-state index contributed by atoms with van der Waals surface area (Å²) in [7, 11) is 1.46. The molecule has 9 heteroatoms. The van der Waals surface area contributed by atoms with Crippen LogP contribution in [0.3, 0.4) is 0 Å². The van der Waals surface area contributed by atoms with E-state index in [1.54, 1.807) is 30.6 Å². The largest absolute Gasteiger partial charge is 0.504 e. The molecule has 0 bridgehead atoms. The van der Waals surface area contributed by atoms with Gasteiger partial charge >= 0.3 is 5.97 Å². The SMILES string of the molecule is CCOC(=O)C1=C(C)N=c2s/c(=C/c3cc(OC)c(O)cc3Br)c(=O)n2[C@H]1c1ccc(C)cc1. The van der Waals surface area contributed by atoms with Gasteiger partial charge < -0.3 is 14.6 Å². The Morgan fingerprint density at radius 3 is 2.62 bits per heavy atom. The molecule has 0 saturated carbocycles. The van der Waals surface area contributed by atoms with Crippen LogP contribution in [-0.2, 0) is 9.53 Å². The molecule has 2 heterocycles. The summed E-state index contributed by atoms with van der Waals surface area (Å²) in [5.74, 6) is -0.211. The van der Waals surface area contributed by atoms with Gasteiger partial charge in [-0.05, 0) is 50.1 Å². The molecular weight excluding hydrogens is 520 g/mol. The van der Waals surface area contributed by atoms with E-state index in [0.717, 1.165) is 11.1 Å². The molecule has 0 amide bonds. The fourth-order valence-electron chi connectivity index (χ4n) is 3.83. The average Bonchev–Trinajstić information content (AvgIpc) is 3.10. The molecule has 1 N–H and O–H groups in total. The van der Waals surface area contributed by atoms with Crippen LogP contribution in [-0.4, -0.2) is 29.4 Å². The molecule has 1 atom stereocenters. The number of benzene rings is 2. The number of carbonyl (C=O) groups is 1. The number of aromatic nitrogens is 1. The molecule has 2 aromatic carbocycles. The van der Waals surface area contributed by atoms with Crippen molar-refractivity contribution >= 4 is 39.3 Å². The number of hydrogen-bond acceptors (Lipinski definition) is 7. The number of phenols is 1. The number of ether oxygens (including phenoxy) is 2. The maximum Gasteiger partial charge on any atom is 0.338 e. The number of thiazole rings is 1. The van der Waals surface area contributed by atoms with E-state index in [1.165, 1.54) is 24.5 Å². The second kappa shape index (κ2) is 9.60. The number of carbonyl (C=O) groups excluding carboxylic acids is 1. The number of fused-ring (bicyclic) bond motifs is 1. The van der Waals surface area contributed by atoms with E-state index in [9.17, 15) is 14.7 Å². The van der Waals surface area contributed by atoms with Gasteiger partial charge in [-0.15, -0.1) is 0 Å². The Kier molecular flexibility index (Phi) is 6.77. The number of hydrogen-bond donors (Lipinski definition) is 1. The van der Waals surface area contributed by atoms with Gasteiger partial charge in [-0.25, -0.2) is 9.79 Å². The van der Waals surface area contributed by atoms with Crippen LogP contribution in [0.4, 0.5) is 0 Å². The maximum atomic E-state index is 13.6. The van der Waals surface area contributed by atoms with E-state index >= 15 is 0 Å². The summed E-state index contributed by atoms with van der Waals surface area (Å²) < 4.78 is 13.1. The summed E-state index contributed by atoms with van der Waals surface area (Å²) in [6.45, 7) is 5.70. The molecule has 0 radical (unpaired) electrons. The van der Waals surface area contributed by atoms with E-state index in [-0.39, 0.29) is 17.9 Å². The first-order valence-electron chi connectivity index (χ1n) is 10.6. The molecule has 34 heavy (non-hydrogen) atoms. The second-order valence-corrected chi connectivity index (χ2v) is 9.62. The minimum Gasteiger partial charge on any atom is -0.504 e. The van der Waals surface area contributed by atoms with Crippen molar-refractivity contribution in [2.45, 2.75) is 26.8 Å². The van der Waals surface area contributed by atoms with Crippen LogP contribution in [0.25, 0.3) is 6.08 Å². The predicted octanol–water partition coefficient (Wildman–Crippen LogP) is 3.58. The van der Waals surface area contributed by atoms with E-state index in [1.807, 2.05) is 31.2 Å². The Labute approximate surface area is 208 Å². The zero-order chi connectivity index (χ0) is 24.6. The van der Waals surface area contributed by atoms with Gasteiger partial charge in [-0.3, -0.25) is 9.36 Å². The lowest BCUT2D eigenvalue weighted by Crippen LogP contribution is -2.39. The van der Waals surface area contributed by atoms with Crippen LogP contribution in [0.1, 0.15) is 36.6 Å². The zero-order valence-corrected chi connectivity index (χ0v) is 21.5. The van der Waals surface area contributed by atoms with Crippen molar-refractivity contribution in [3.8, 4) is 11.5 Å².